The van der Waals surface area contributed by atoms with E-state index in [-0.39, 0.29) is 0 Å². The minimum atomic E-state index is 0.824. The zero-order valence-corrected chi connectivity index (χ0v) is 10.8. The Balaban J connectivity index is 2.21. The Kier molecular flexibility index (Phi) is 3.02. The Morgan fingerprint density at radius 2 is 2.20 bits per heavy atom. The summed E-state index contributed by atoms with van der Waals surface area (Å²) in [5.74, 6) is 0.824. The third kappa shape index (κ3) is 2.54. The molecule has 0 unspecified atom stereocenters. The summed E-state index contributed by atoms with van der Waals surface area (Å²) in [4.78, 5) is 8.57. The number of nitrogens with zero attached hydrogens (tertiary/aromatic N) is 2. The first-order valence-corrected chi connectivity index (χ1v) is 6.14. The molecule has 0 aliphatic heterocycles. The van der Waals surface area contributed by atoms with E-state index in [2.05, 4.69) is 31.2 Å². The molecule has 2 aromatic heterocycles. The van der Waals surface area contributed by atoms with Crippen molar-refractivity contribution < 1.29 is 0 Å². The molecule has 0 bridgehead atoms. The van der Waals surface area contributed by atoms with Crippen LogP contribution in [-0.4, -0.2) is 9.97 Å². The van der Waals surface area contributed by atoms with Gasteiger partial charge in [0, 0.05) is 16.0 Å². The van der Waals surface area contributed by atoms with Gasteiger partial charge in [-0.2, -0.15) is 0 Å². The second-order valence-electron chi connectivity index (χ2n) is 3.24. The average Bonchev–Trinajstić information content (AvgIpc) is 2.58. The number of nitrogens with one attached hydrogen (secondary N) is 1. The summed E-state index contributed by atoms with van der Waals surface area (Å²) >= 11 is 5.00. The molecule has 0 saturated heterocycles. The van der Waals surface area contributed by atoms with Crippen LogP contribution in [0.2, 0.25) is 0 Å². The molecule has 78 valence electrons. The number of aromatic nitrogens is 2. The number of rotatable bonds is 2. The molecule has 0 radical (unpaired) electrons. The van der Waals surface area contributed by atoms with Gasteiger partial charge in [0.25, 0.3) is 0 Å². The fraction of sp³-hybridized carbons (Fsp3) is 0.200. The van der Waals surface area contributed by atoms with Crippen LogP contribution in [0.1, 0.15) is 11.3 Å². The van der Waals surface area contributed by atoms with Crippen molar-refractivity contribution in [2.45, 2.75) is 13.8 Å². The molecule has 2 aromatic rings. The van der Waals surface area contributed by atoms with Crippen molar-refractivity contribution in [3.8, 4) is 0 Å². The van der Waals surface area contributed by atoms with Crippen LogP contribution in [0, 0.1) is 13.8 Å². The lowest BCUT2D eigenvalue weighted by atomic mass is 10.3. The normalized spacial score (nSPS) is 10.3. The predicted octanol–water partition coefficient (Wildman–Crippen LogP) is 3.66. The quantitative estimate of drug-likeness (QED) is 0.914. The van der Waals surface area contributed by atoms with Gasteiger partial charge in [-0.3, -0.25) is 0 Å². The summed E-state index contributed by atoms with van der Waals surface area (Å²) in [7, 11) is 0. The van der Waals surface area contributed by atoms with Gasteiger partial charge in [0.2, 0.25) is 0 Å². The van der Waals surface area contributed by atoms with E-state index in [1.807, 2.05) is 25.3 Å². The smallest absolute Gasteiger partial charge is 0.188 e. The molecule has 0 aliphatic carbocycles. The highest BCUT2D eigenvalue weighted by Crippen LogP contribution is 2.22. The minimum absolute atomic E-state index is 0.824. The van der Waals surface area contributed by atoms with Crippen LogP contribution in [0.25, 0.3) is 0 Å². The van der Waals surface area contributed by atoms with E-state index in [0.717, 1.165) is 26.7 Å². The van der Waals surface area contributed by atoms with E-state index in [1.54, 1.807) is 17.5 Å². The highest BCUT2D eigenvalue weighted by atomic mass is 79.9. The number of pyridine rings is 1. The van der Waals surface area contributed by atoms with E-state index in [1.165, 1.54) is 0 Å². The highest BCUT2D eigenvalue weighted by Gasteiger charge is 2.02. The third-order valence-corrected chi connectivity index (χ3v) is 3.61. The molecule has 0 spiro atoms. The van der Waals surface area contributed by atoms with Gasteiger partial charge in [0.15, 0.2) is 5.13 Å². The van der Waals surface area contributed by atoms with Gasteiger partial charge in [-0.05, 0) is 41.4 Å². The van der Waals surface area contributed by atoms with Crippen LogP contribution >= 0.6 is 27.3 Å². The number of thiazole rings is 1. The number of hydrogen-bond acceptors (Lipinski definition) is 4. The van der Waals surface area contributed by atoms with Gasteiger partial charge in [-0.15, -0.1) is 11.3 Å². The second-order valence-corrected chi connectivity index (χ2v) is 4.95. The van der Waals surface area contributed by atoms with Crippen LogP contribution in [-0.2, 0) is 0 Å². The molecule has 0 saturated carbocycles. The van der Waals surface area contributed by atoms with Crippen molar-refractivity contribution in [2.24, 2.45) is 0 Å². The van der Waals surface area contributed by atoms with E-state index in [0.29, 0.717) is 0 Å². The molecular formula is C10H10BrN3S. The van der Waals surface area contributed by atoms with Gasteiger partial charge in [0.05, 0.1) is 5.69 Å². The molecular weight excluding hydrogens is 274 g/mol. The van der Waals surface area contributed by atoms with Gasteiger partial charge in [-0.1, -0.05) is 0 Å². The van der Waals surface area contributed by atoms with Crippen molar-refractivity contribution in [3.63, 3.8) is 0 Å². The van der Waals surface area contributed by atoms with E-state index < -0.39 is 0 Å². The lowest BCUT2D eigenvalue weighted by Crippen LogP contribution is -1.93. The van der Waals surface area contributed by atoms with Crippen LogP contribution in [0.3, 0.4) is 0 Å². The maximum Gasteiger partial charge on any atom is 0.188 e. The fourth-order valence-corrected chi connectivity index (χ4v) is 2.04. The summed E-state index contributed by atoms with van der Waals surface area (Å²) in [5, 5.41) is 6.05. The van der Waals surface area contributed by atoms with Crippen molar-refractivity contribution in [3.05, 3.63) is 33.4 Å². The lowest BCUT2D eigenvalue weighted by Gasteiger charge is -2.03. The fourth-order valence-electron chi connectivity index (χ4n) is 1.13. The molecule has 3 nitrogen and oxygen atoms in total. The molecule has 5 heteroatoms. The zero-order valence-electron chi connectivity index (χ0n) is 8.41. The first kappa shape index (κ1) is 10.6. The summed E-state index contributed by atoms with van der Waals surface area (Å²) < 4.78 is 1.02. The van der Waals surface area contributed by atoms with Crippen molar-refractivity contribution in [1.29, 1.82) is 0 Å². The first-order chi connectivity index (χ1) is 7.15. The van der Waals surface area contributed by atoms with Crippen molar-refractivity contribution in [1.82, 2.24) is 9.97 Å². The Morgan fingerprint density at radius 3 is 2.80 bits per heavy atom. The third-order valence-electron chi connectivity index (χ3n) is 1.90. The topological polar surface area (TPSA) is 37.8 Å². The molecule has 0 atom stereocenters. The van der Waals surface area contributed by atoms with Gasteiger partial charge < -0.3 is 5.32 Å². The minimum Gasteiger partial charge on any atom is -0.316 e. The van der Waals surface area contributed by atoms with Crippen LogP contribution in [0.5, 0.6) is 0 Å². The summed E-state index contributed by atoms with van der Waals surface area (Å²) in [6.45, 7) is 4.01. The Labute approximate surface area is 101 Å². The molecule has 2 heterocycles. The first-order valence-electron chi connectivity index (χ1n) is 4.46. The molecule has 0 aromatic carbocycles. The monoisotopic (exact) mass is 283 g/mol. The predicted molar refractivity (Wildman–Crippen MR) is 66.8 cm³/mol. The Morgan fingerprint density at radius 1 is 1.40 bits per heavy atom. The second kappa shape index (κ2) is 4.28. The van der Waals surface area contributed by atoms with Crippen molar-refractivity contribution in [2.75, 3.05) is 5.32 Å². The number of hydrogen-bond donors (Lipinski definition) is 1. The van der Waals surface area contributed by atoms with Gasteiger partial charge >= 0.3 is 0 Å². The summed E-state index contributed by atoms with van der Waals surface area (Å²) in [5.41, 5.74) is 2.18. The number of aryl methyl sites for hydroxylation is 2. The number of halogens is 1. The Bertz CT molecular complexity index is 481. The molecule has 0 fully saturated rings. The maximum atomic E-state index is 4.31. The SMILES string of the molecule is Cc1csc(Nc2cc(C)c(Br)cn2)n1. The summed E-state index contributed by atoms with van der Waals surface area (Å²) in [6, 6.07) is 1.99. The highest BCUT2D eigenvalue weighted by molar-refractivity contribution is 9.10. The zero-order chi connectivity index (χ0) is 10.8. The number of anilines is 2. The van der Waals surface area contributed by atoms with Crippen LogP contribution < -0.4 is 5.32 Å². The van der Waals surface area contributed by atoms with Crippen LogP contribution in [0.4, 0.5) is 10.9 Å². The van der Waals surface area contributed by atoms with Crippen molar-refractivity contribution >= 4 is 38.2 Å². The molecule has 2 rings (SSSR count). The lowest BCUT2D eigenvalue weighted by molar-refractivity contribution is 1.22. The van der Waals surface area contributed by atoms with Crippen LogP contribution in [0.15, 0.2) is 22.1 Å². The van der Waals surface area contributed by atoms with Gasteiger partial charge in [-0.25, -0.2) is 9.97 Å². The van der Waals surface area contributed by atoms with E-state index >= 15 is 0 Å². The molecule has 15 heavy (non-hydrogen) atoms. The summed E-state index contributed by atoms with van der Waals surface area (Å²) in [6.07, 6.45) is 1.79. The molecule has 0 aliphatic rings. The van der Waals surface area contributed by atoms with E-state index in [4.69, 9.17) is 0 Å². The largest absolute Gasteiger partial charge is 0.316 e. The Hall–Kier alpha value is -0.940. The molecule has 0 amide bonds. The van der Waals surface area contributed by atoms with E-state index in [9.17, 15) is 0 Å². The average molecular weight is 284 g/mol. The maximum absolute atomic E-state index is 4.31. The van der Waals surface area contributed by atoms with Gasteiger partial charge in [0.1, 0.15) is 5.82 Å². The molecule has 1 N–H and O–H groups in total. The standard InChI is InChI=1S/C10H10BrN3S/c1-6-3-9(12-4-8(6)11)14-10-13-7(2)5-15-10/h3-5H,1-2H3,(H,12,13,14).